The Balaban J connectivity index is 1.81. The lowest BCUT2D eigenvalue weighted by Gasteiger charge is -2.04. The van der Waals surface area contributed by atoms with Crippen LogP contribution in [0.5, 0.6) is 0 Å². The molecule has 0 aliphatic rings. The zero-order valence-corrected chi connectivity index (χ0v) is 11.9. The Kier molecular flexibility index (Phi) is 2.74. The van der Waals surface area contributed by atoms with Crippen molar-refractivity contribution in [1.29, 1.82) is 0 Å². The predicted octanol–water partition coefficient (Wildman–Crippen LogP) is 4.62. The van der Waals surface area contributed by atoms with Crippen molar-refractivity contribution in [1.82, 2.24) is 9.97 Å². The number of H-pyrrole nitrogens is 1. The molecule has 102 valence electrons. The van der Waals surface area contributed by atoms with Crippen molar-refractivity contribution < 1.29 is 0 Å². The van der Waals surface area contributed by atoms with Crippen LogP contribution in [0.4, 0.5) is 0 Å². The molecule has 0 aliphatic heterocycles. The number of fused-ring (bicyclic) bond motifs is 2. The molecule has 0 radical (unpaired) electrons. The average molecular weight is 272 g/mol. The van der Waals surface area contributed by atoms with Gasteiger partial charge >= 0.3 is 0 Å². The highest BCUT2D eigenvalue weighted by Crippen LogP contribution is 2.22. The molecular formula is C19H16N2. The standard InChI is InChI=1S/C19H16N2/c1-13-6-4-11-17-19(13)21-18(20-17)12-15-9-5-8-14-7-2-3-10-16(14)15/h2-11H,12H2,1H3,(H,20,21). The number of aromatic nitrogens is 2. The minimum atomic E-state index is 0.829. The third-order valence-electron chi connectivity index (χ3n) is 4.00. The van der Waals surface area contributed by atoms with E-state index in [0.29, 0.717) is 0 Å². The van der Waals surface area contributed by atoms with Gasteiger partial charge in [0.2, 0.25) is 0 Å². The minimum absolute atomic E-state index is 0.829. The van der Waals surface area contributed by atoms with Crippen molar-refractivity contribution in [3.8, 4) is 0 Å². The molecule has 2 heteroatoms. The number of rotatable bonds is 2. The Morgan fingerprint density at radius 3 is 2.62 bits per heavy atom. The van der Waals surface area contributed by atoms with Gasteiger partial charge in [0.1, 0.15) is 5.82 Å². The van der Waals surface area contributed by atoms with E-state index in [1.165, 1.54) is 21.9 Å². The maximum Gasteiger partial charge on any atom is 0.111 e. The van der Waals surface area contributed by atoms with E-state index in [0.717, 1.165) is 23.3 Å². The van der Waals surface area contributed by atoms with Crippen molar-refractivity contribution in [2.45, 2.75) is 13.3 Å². The molecule has 0 amide bonds. The van der Waals surface area contributed by atoms with E-state index in [2.05, 4.69) is 72.6 Å². The third-order valence-corrected chi connectivity index (χ3v) is 4.00. The number of aromatic amines is 1. The summed E-state index contributed by atoms with van der Waals surface area (Å²) in [6.07, 6.45) is 0.829. The molecule has 4 rings (SSSR count). The largest absolute Gasteiger partial charge is 0.342 e. The molecule has 0 saturated heterocycles. The molecule has 2 nitrogen and oxygen atoms in total. The van der Waals surface area contributed by atoms with Gasteiger partial charge in [0.15, 0.2) is 0 Å². The van der Waals surface area contributed by atoms with Crippen LogP contribution in [0.15, 0.2) is 60.7 Å². The molecule has 0 atom stereocenters. The van der Waals surface area contributed by atoms with Gasteiger partial charge in [-0.25, -0.2) is 4.98 Å². The average Bonchev–Trinajstić information content (AvgIpc) is 2.92. The van der Waals surface area contributed by atoms with Crippen LogP contribution in [0.3, 0.4) is 0 Å². The number of nitrogens with one attached hydrogen (secondary N) is 1. The summed E-state index contributed by atoms with van der Waals surface area (Å²) in [6, 6.07) is 21.2. The summed E-state index contributed by atoms with van der Waals surface area (Å²) in [5.41, 5.74) is 4.72. The molecule has 0 spiro atoms. The fraction of sp³-hybridized carbons (Fsp3) is 0.105. The predicted molar refractivity (Wildman–Crippen MR) is 87.6 cm³/mol. The van der Waals surface area contributed by atoms with Gasteiger partial charge in [-0.05, 0) is 34.9 Å². The summed E-state index contributed by atoms with van der Waals surface area (Å²) in [4.78, 5) is 8.20. The molecule has 0 aliphatic carbocycles. The Hall–Kier alpha value is -2.61. The lowest BCUT2D eigenvalue weighted by atomic mass is 10.0. The van der Waals surface area contributed by atoms with E-state index in [4.69, 9.17) is 4.98 Å². The Morgan fingerprint density at radius 1 is 0.905 bits per heavy atom. The Labute approximate surface area is 123 Å². The fourth-order valence-corrected chi connectivity index (χ4v) is 2.94. The summed E-state index contributed by atoms with van der Waals surface area (Å²) in [6.45, 7) is 2.10. The summed E-state index contributed by atoms with van der Waals surface area (Å²) in [5, 5.41) is 2.58. The van der Waals surface area contributed by atoms with Crippen molar-refractivity contribution in [2.75, 3.05) is 0 Å². The second-order valence-corrected chi connectivity index (χ2v) is 5.47. The topological polar surface area (TPSA) is 28.7 Å². The van der Waals surface area contributed by atoms with Gasteiger partial charge < -0.3 is 4.98 Å². The van der Waals surface area contributed by atoms with Crippen LogP contribution in [-0.2, 0) is 6.42 Å². The first-order valence-corrected chi connectivity index (χ1v) is 7.22. The van der Waals surface area contributed by atoms with Crippen LogP contribution in [0.1, 0.15) is 17.0 Å². The Bertz CT molecular complexity index is 929. The lowest BCUT2D eigenvalue weighted by Crippen LogP contribution is -1.92. The van der Waals surface area contributed by atoms with Crippen molar-refractivity contribution in [2.24, 2.45) is 0 Å². The minimum Gasteiger partial charge on any atom is -0.342 e. The normalized spacial score (nSPS) is 11.3. The van der Waals surface area contributed by atoms with Gasteiger partial charge in [-0.2, -0.15) is 0 Å². The van der Waals surface area contributed by atoms with Gasteiger partial charge in [-0.3, -0.25) is 0 Å². The van der Waals surface area contributed by atoms with Crippen LogP contribution in [0, 0.1) is 6.92 Å². The monoisotopic (exact) mass is 272 g/mol. The zero-order valence-electron chi connectivity index (χ0n) is 11.9. The van der Waals surface area contributed by atoms with E-state index in [1.54, 1.807) is 0 Å². The van der Waals surface area contributed by atoms with E-state index in [9.17, 15) is 0 Å². The van der Waals surface area contributed by atoms with Crippen LogP contribution in [0.25, 0.3) is 21.8 Å². The molecule has 0 unspecified atom stereocenters. The molecule has 0 fully saturated rings. The fourth-order valence-electron chi connectivity index (χ4n) is 2.94. The summed E-state index contributed by atoms with van der Waals surface area (Å²) >= 11 is 0. The quantitative estimate of drug-likeness (QED) is 0.567. The number of benzene rings is 3. The smallest absolute Gasteiger partial charge is 0.111 e. The zero-order chi connectivity index (χ0) is 14.2. The highest BCUT2D eigenvalue weighted by molar-refractivity contribution is 5.86. The molecular weight excluding hydrogens is 256 g/mol. The molecule has 0 saturated carbocycles. The van der Waals surface area contributed by atoms with Gasteiger partial charge in [0.05, 0.1) is 11.0 Å². The van der Waals surface area contributed by atoms with Crippen LogP contribution in [0.2, 0.25) is 0 Å². The maximum atomic E-state index is 4.76. The van der Waals surface area contributed by atoms with Gasteiger partial charge in [0.25, 0.3) is 0 Å². The Morgan fingerprint density at radius 2 is 1.71 bits per heavy atom. The molecule has 1 N–H and O–H groups in total. The van der Waals surface area contributed by atoms with E-state index >= 15 is 0 Å². The second kappa shape index (κ2) is 4.74. The van der Waals surface area contributed by atoms with E-state index < -0.39 is 0 Å². The van der Waals surface area contributed by atoms with Crippen molar-refractivity contribution >= 4 is 21.8 Å². The van der Waals surface area contributed by atoms with Crippen LogP contribution < -0.4 is 0 Å². The molecule has 0 bridgehead atoms. The number of aryl methyl sites for hydroxylation is 1. The van der Waals surface area contributed by atoms with Crippen molar-refractivity contribution in [3.05, 3.63) is 77.6 Å². The van der Waals surface area contributed by atoms with E-state index in [1.807, 2.05) is 0 Å². The van der Waals surface area contributed by atoms with E-state index in [-0.39, 0.29) is 0 Å². The molecule has 3 aromatic carbocycles. The number of para-hydroxylation sites is 1. The lowest BCUT2D eigenvalue weighted by molar-refractivity contribution is 1.05. The molecule has 4 aromatic rings. The molecule has 1 heterocycles. The highest BCUT2D eigenvalue weighted by atomic mass is 14.9. The van der Waals surface area contributed by atoms with Gasteiger partial charge in [0, 0.05) is 6.42 Å². The second-order valence-electron chi connectivity index (χ2n) is 5.47. The number of hydrogen-bond acceptors (Lipinski definition) is 1. The van der Waals surface area contributed by atoms with Gasteiger partial charge in [-0.1, -0.05) is 54.6 Å². The number of imidazole rings is 1. The first-order chi connectivity index (χ1) is 10.3. The maximum absolute atomic E-state index is 4.76. The summed E-state index contributed by atoms with van der Waals surface area (Å²) in [5.74, 6) is 1.02. The highest BCUT2D eigenvalue weighted by Gasteiger charge is 2.07. The first kappa shape index (κ1) is 12.2. The van der Waals surface area contributed by atoms with Gasteiger partial charge in [-0.15, -0.1) is 0 Å². The third kappa shape index (κ3) is 2.09. The first-order valence-electron chi connectivity index (χ1n) is 7.22. The number of nitrogens with zero attached hydrogens (tertiary/aromatic N) is 1. The van der Waals surface area contributed by atoms with Crippen molar-refractivity contribution in [3.63, 3.8) is 0 Å². The number of hydrogen-bond donors (Lipinski definition) is 1. The molecule has 1 aromatic heterocycles. The summed E-state index contributed by atoms with van der Waals surface area (Å²) < 4.78 is 0. The van der Waals surface area contributed by atoms with Crippen LogP contribution >= 0.6 is 0 Å². The van der Waals surface area contributed by atoms with Crippen LogP contribution in [-0.4, -0.2) is 9.97 Å². The summed E-state index contributed by atoms with van der Waals surface area (Å²) in [7, 11) is 0. The SMILES string of the molecule is Cc1cccc2[nH]c(Cc3cccc4ccccc34)nc12. The molecule has 21 heavy (non-hydrogen) atoms.